The van der Waals surface area contributed by atoms with Crippen molar-refractivity contribution in [2.75, 3.05) is 13.2 Å². The summed E-state index contributed by atoms with van der Waals surface area (Å²) in [5.41, 5.74) is 0. The van der Waals surface area contributed by atoms with Gasteiger partial charge in [-0.15, -0.1) is 0 Å². The maximum atomic E-state index is 6.45. The van der Waals surface area contributed by atoms with E-state index in [1.807, 2.05) is 0 Å². The molecule has 3 aliphatic rings. The number of hydrogen-bond acceptors (Lipinski definition) is 3. The molecule has 1 aliphatic carbocycles. The highest BCUT2D eigenvalue weighted by Gasteiger charge is 2.49. The molecule has 18 heavy (non-hydrogen) atoms. The van der Waals surface area contributed by atoms with Gasteiger partial charge in [-0.2, -0.15) is 0 Å². The molecule has 4 unspecified atom stereocenters. The summed E-state index contributed by atoms with van der Waals surface area (Å²) in [5, 5.41) is 3.61. The molecular weight excluding hydrogens is 226 g/mol. The third-order valence-corrected chi connectivity index (χ3v) is 5.08. The van der Waals surface area contributed by atoms with Crippen molar-refractivity contribution in [2.24, 2.45) is 5.92 Å². The normalized spacial score (nSPS) is 45.5. The first-order valence-electron chi connectivity index (χ1n) is 7.89. The molecule has 0 radical (unpaired) electrons. The summed E-state index contributed by atoms with van der Waals surface area (Å²) < 4.78 is 12.6. The lowest BCUT2D eigenvalue weighted by atomic mass is 9.81. The molecule has 0 bridgehead atoms. The van der Waals surface area contributed by atoms with Crippen LogP contribution >= 0.6 is 0 Å². The van der Waals surface area contributed by atoms with E-state index in [0.717, 1.165) is 19.6 Å². The number of piperidine rings is 1. The monoisotopic (exact) mass is 253 g/mol. The van der Waals surface area contributed by atoms with Gasteiger partial charge in [-0.1, -0.05) is 19.8 Å². The van der Waals surface area contributed by atoms with Crippen LogP contribution in [0.1, 0.15) is 58.3 Å². The minimum atomic E-state index is -0.225. The second kappa shape index (κ2) is 5.48. The van der Waals surface area contributed by atoms with Crippen LogP contribution < -0.4 is 5.32 Å². The Morgan fingerprint density at radius 1 is 1.17 bits per heavy atom. The summed E-state index contributed by atoms with van der Waals surface area (Å²) in [7, 11) is 0. The number of nitrogens with one attached hydrogen (secondary N) is 1. The van der Waals surface area contributed by atoms with Gasteiger partial charge in [0.15, 0.2) is 5.79 Å². The van der Waals surface area contributed by atoms with Crippen molar-refractivity contribution in [3.63, 3.8) is 0 Å². The maximum Gasteiger partial charge on any atom is 0.171 e. The third-order valence-electron chi connectivity index (χ3n) is 5.08. The molecule has 3 heteroatoms. The SMILES string of the molecule is CCC1CCCCC12OCC(C1CCCCN1)O2. The van der Waals surface area contributed by atoms with Crippen molar-refractivity contribution in [3.8, 4) is 0 Å². The van der Waals surface area contributed by atoms with E-state index in [1.165, 1.54) is 44.9 Å². The Hall–Kier alpha value is -0.120. The Kier molecular flexibility index (Phi) is 3.92. The second-order valence-corrected chi connectivity index (χ2v) is 6.19. The first kappa shape index (κ1) is 12.9. The van der Waals surface area contributed by atoms with Gasteiger partial charge in [-0.3, -0.25) is 0 Å². The van der Waals surface area contributed by atoms with Gasteiger partial charge in [0.2, 0.25) is 0 Å². The van der Waals surface area contributed by atoms with Crippen LogP contribution in [0, 0.1) is 5.92 Å². The topological polar surface area (TPSA) is 30.5 Å². The average Bonchev–Trinajstić information content (AvgIpc) is 2.85. The Morgan fingerprint density at radius 2 is 2.06 bits per heavy atom. The van der Waals surface area contributed by atoms with Crippen LogP contribution in [0.2, 0.25) is 0 Å². The first-order chi connectivity index (χ1) is 8.84. The lowest BCUT2D eigenvalue weighted by molar-refractivity contribution is -0.224. The standard InChI is InChI=1S/C15H27NO2/c1-2-12-7-3-5-9-15(12)17-11-14(18-15)13-8-4-6-10-16-13/h12-14,16H,2-11H2,1H3. The van der Waals surface area contributed by atoms with Gasteiger partial charge in [0.25, 0.3) is 0 Å². The number of hydrogen-bond donors (Lipinski definition) is 1. The predicted molar refractivity (Wildman–Crippen MR) is 71.4 cm³/mol. The largest absolute Gasteiger partial charge is 0.347 e. The Labute approximate surface area is 111 Å². The van der Waals surface area contributed by atoms with Gasteiger partial charge < -0.3 is 14.8 Å². The zero-order valence-corrected chi connectivity index (χ0v) is 11.6. The average molecular weight is 253 g/mol. The van der Waals surface area contributed by atoms with Crippen molar-refractivity contribution in [1.29, 1.82) is 0 Å². The fourth-order valence-corrected chi connectivity index (χ4v) is 3.99. The molecule has 3 nitrogen and oxygen atoms in total. The van der Waals surface area contributed by atoms with Gasteiger partial charge >= 0.3 is 0 Å². The van der Waals surface area contributed by atoms with Gasteiger partial charge in [0, 0.05) is 18.4 Å². The van der Waals surface area contributed by atoms with E-state index < -0.39 is 0 Å². The quantitative estimate of drug-likeness (QED) is 0.821. The van der Waals surface area contributed by atoms with E-state index in [-0.39, 0.29) is 11.9 Å². The lowest BCUT2D eigenvalue weighted by Crippen LogP contribution is -2.47. The van der Waals surface area contributed by atoms with E-state index in [0.29, 0.717) is 12.0 Å². The van der Waals surface area contributed by atoms with Crippen molar-refractivity contribution in [1.82, 2.24) is 5.32 Å². The summed E-state index contributed by atoms with van der Waals surface area (Å²) in [6.45, 7) is 4.22. The fourth-order valence-electron chi connectivity index (χ4n) is 3.99. The predicted octanol–water partition coefficient (Wildman–Crippen LogP) is 2.84. The van der Waals surface area contributed by atoms with Crippen LogP contribution in [0.5, 0.6) is 0 Å². The van der Waals surface area contributed by atoms with Crippen LogP contribution in [-0.4, -0.2) is 31.1 Å². The Bertz CT molecular complexity index is 278. The summed E-state index contributed by atoms with van der Waals surface area (Å²) in [6, 6.07) is 0.526. The Morgan fingerprint density at radius 3 is 2.83 bits per heavy atom. The van der Waals surface area contributed by atoms with Crippen molar-refractivity contribution in [2.45, 2.75) is 76.2 Å². The summed E-state index contributed by atoms with van der Waals surface area (Å²) >= 11 is 0. The second-order valence-electron chi connectivity index (χ2n) is 6.19. The Balaban J connectivity index is 1.65. The van der Waals surface area contributed by atoms with Crippen LogP contribution in [0.15, 0.2) is 0 Å². The summed E-state index contributed by atoms with van der Waals surface area (Å²) in [5.74, 6) is 0.386. The van der Waals surface area contributed by atoms with Crippen molar-refractivity contribution in [3.05, 3.63) is 0 Å². The molecular formula is C15H27NO2. The van der Waals surface area contributed by atoms with Crippen LogP contribution in [0.3, 0.4) is 0 Å². The van der Waals surface area contributed by atoms with E-state index in [2.05, 4.69) is 12.2 Å². The van der Waals surface area contributed by atoms with E-state index in [4.69, 9.17) is 9.47 Å². The molecule has 0 aromatic rings. The minimum absolute atomic E-state index is 0.225. The van der Waals surface area contributed by atoms with E-state index in [9.17, 15) is 0 Å². The highest BCUT2D eigenvalue weighted by atomic mass is 16.7. The molecule has 0 amide bonds. The van der Waals surface area contributed by atoms with Crippen LogP contribution in [-0.2, 0) is 9.47 Å². The maximum absolute atomic E-state index is 6.45. The fraction of sp³-hybridized carbons (Fsp3) is 1.00. The molecule has 1 N–H and O–H groups in total. The number of rotatable bonds is 2. The zero-order chi connectivity index (χ0) is 12.4. The molecule has 0 aromatic carbocycles. The molecule has 3 fully saturated rings. The highest BCUT2D eigenvalue weighted by Crippen LogP contribution is 2.44. The van der Waals surface area contributed by atoms with E-state index >= 15 is 0 Å². The minimum Gasteiger partial charge on any atom is -0.347 e. The molecule has 2 heterocycles. The van der Waals surface area contributed by atoms with Crippen LogP contribution in [0.4, 0.5) is 0 Å². The van der Waals surface area contributed by atoms with Gasteiger partial charge in [-0.05, 0) is 38.6 Å². The van der Waals surface area contributed by atoms with E-state index in [1.54, 1.807) is 0 Å². The van der Waals surface area contributed by atoms with Gasteiger partial charge in [-0.25, -0.2) is 0 Å². The molecule has 1 spiro atoms. The number of ether oxygens (including phenoxy) is 2. The molecule has 104 valence electrons. The molecule has 2 aliphatic heterocycles. The molecule has 2 saturated heterocycles. The zero-order valence-electron chi connectivity index (χ0n) is 11.6. The van der Waals surface area contributed by atoms with Crippen molar-refractivity contribution < 1.29 is 9.47 Å². The first-order valence-corrected chi connectivity index (χ1v) is 7.89. The summed E-state index contributed by atoms with van der Waals surface area (Å²) in [4.78, 5) is 0. The van der Waals surface area contributed by atoms with Gasteiger partial charge in [0.05, 0.1) is 12.7 Å². The highest BCUT2D eigenvalue weighted by molar-refractivity contribution is 4.92. The molecule has 1 saturated carbocycles. The smallest absolute Gasteiger partial charge is 0.171 e. The third kappa shape index (κ3) is 2.33. The lowest BCUT2D eigenvalue weighted by Gasteiger charge is -2.40. The molecule has 3 rings (SSSR count). The summed E-state index contributed by atoms with van der Waals surface area (Å²) in [6.07, 6.45) is 10.4. The van der Waals surface area contributed by atoms with Crippen molar-refractivity contribution >= 4 is 0 Å². The van der Waals surface area contributed by atoms with Crippen LogP contribution in [0.25, 0.3) is 0 Å². The molecule has 4 atom stereocenters. The molecule has 0 aromatic heterocycles. The van der Waals surface area contributed by atoms with Gasteiger partial charge in [0.1, 0.15) is 0 Å².